The molecule has 1 aromatic heterocycles. The molecule has 0 saturated heterocycles. The maximum absolute atomic E-state index is 4.26. The maximum Gasteiger partial charge on any atom is 0.115 e. The number of hydrogen-bond acceptors (Lipinski definition) is 2. The maximum atomic E-state index is 4.26. The third-order valence-corrected chi connectivity index (χ3v) is 2.22. The lowest BCUT2D eigenvalue weighted by molar-refractivity contribution is 0.995. The van der Waals surface area contributed by atoms with Crippen molar-refractivity contribution in [2.45, 2.75) is 13.3 Å². The minimum Gasteiger partial charge on any atom is -0.245 e. The predicted molar refractivity (Wildman–Crippen MR) is 56.0 cm³/mol. The first-order valence-corrected chi connectivity index (χ1v) is 4.65. The van der Waals surface area contributed by atoms with Crippen LogP contribution < -0.4 is 0 Å². The number of benzene rings is 1. The summed E-state index contributed by atoms with van der Waals surface area (Å²) in [5.41, 5.74) is 3.54. The van der Waals surface area contributed by atoms with E-state index >= 15 is 0 Å². The van der Waals surface area contributed by atoms with Crippen LogP contribution in [0.1, 0.15) is 16.8 Å². The van der Waals surface area contributed by atoms with E-state index in [0.29, 0.717) is 0 Å². The van der Waals surface area contributed by atoms with Crippen molar-refractivity contribution in [2.24, 2.45) is 0 Å². The van der Waals surface area contributed by atoms with Crippen molar-refractivity contribution in [1.82, 2.24) is 9.97 Å². The number of aryl methyl sites for hydroxylation is 1. The van der Waals surface area contributed by atoms with E-state index in [1.54, 1.807) is 6.33 Å². The van der Waals surface area contributed by atoms with Crippen molar-refractivity contribution in [3.63, 3.8) is 0 Å². The van der Waals surface area contributed by atoms with Gasteiger partial charge in [0, 0.05) is 12.6 Å². The molecule has 70 valence electrons. The molecule has 0 bridgehead atoms. The first kappa shape index (κ1) is 8.88. The van der Waals surface area contributed by atoms with Gasteiger partial charge < -0.3 is 0 Å². The average Bonchev–Trinajstić information content (AvgIpc) is 2.23. The fourth-order valence-corrected chi connectivity index (χ4v) is 1.40. The van der Waals surface area contributed by atoms with Crippen LogP contribution in [0.3, 0.4) is 0 Å². The molecule has 0 amide bonds. The number of hydrogen-bond donors (Lipinski definition) is 0. The molecular weight excluding hydrogens is 172 g/mol. The van der Waals surface area contributed by atoms with E-state index in [-0.39, 0.29) is 0 Å². The molecule has 1 heterocycles. The Balaban J connectivity index is 2.24. The Morgan fingerprint density at radius 3 is 2.64 bits per heavy atom. The van der Waals surface area contributed by atoms with Gasteiger partial charge in [0.25, 0.3) is 0 Å². The lowest BCUT2D eigenvalue weighted by Crippen LogP contribution is -1.96. The van der Waals surface area contributed by atoms with Crippen molar-refractivity contribution in [1.29, 1.82) is 0 Å². The van der Waals surface area contributed by atoms with Crippen LogP contribution in [-0.2, 0) is 6.42 Å². The Morgan fingerprint density at radius 1 is 1.14 bits per heavy atom. The van der Waals surface area contributed by atoms with E-state index < -0.39 is 0 Å². The highest BCUT2D eigenvalue weighted by Crippen LogP contribution is 2.09. The fourth-order valence-electron chi connectivity index (χ4n) is 1.40. The molecule has 2 rings (SSSR count). The smallest absolute Gasteiger partial charge is 0.115 e. The monoisotopic (exact) mass is 184 g/mol. The highest BCUT2D eigenvalue weighted by Gasteiger charge is 1.99. The van der Waals surface area contributed by atoms with Crippen LogP contribution in [0.25, 0.3) is 0 Å². The first-order chi connectivity index (χ1) is 6.86. The summed E-state index contributed by atoms with van der Waals surface area (Å²) in [6, 6.07) is 10.3. The molecule has 0 radical (unpaired) electrons. The van der Waals surface area contributed by atoms with Crippen LogP contribution in [0.15, 0.2) is 42.9 Å². The van der Waals surface area contributed by atoms with Gasteiger partial charge in [-0.05, 0) is 18.1 Å². The molecule has 0 atom stereocenters. The summed E-state index contributed by atoms with van der Waals surface area (Å²) in [7, 11) is 0. The molecule has 0 spiro atoms. The molecule has 0 unspecified atom stereocenters. The summed E-state index contributed by atoms with van der Waals surface area (Å²) < 4.78 is 0. The summed E-state index contributed by atoms with van der Waals surface area (Å²) in [6.07, 6.45) is 4.34. The third-order valence-electron chi connectivity index (χ3n) is 2.22. The van der Waals surface area contributed by atoms with Crippen molar-refractivity contribution in [2.75, 3.05) is 0 Å². The average molecular weight is 184 g/mol. The van der Waals surface area contributed by atoms with Gasteiger partial charge >= 0.3 is 0 Å². The summed E-state index contributed by atoms with van der Waals surface area (Å²) >= 11 is 0. The Bertz CT molecular complexity index is 410. The van der Waals surface area contributed by atoms with Gasteiger partial charge in [-0.3, -0.25) is 0 Å². The van der Waals surface area contributed by atoms with Crippen molar-refractivity contribution in [3.8, 4) is 0 Å². The van der Waals surface area contributed by atoms with Crippen LogP contribution in [0.5, 0.6) is 0 Å². The van der Waals surface area contributed by atoms with Gasteiger partial charge in [-0.15, -0.1) is 0 Å². The van der Waals surface area contributed by atoms with Crippen LogP contribution in [-0.4, -0.2) is 9.97 Å². The van der Waals surface area contributed by atoms with E-state index in [1.165, 1.54) is 5.56 Å². The van der Waals surface area contributed by atoms with Crippen LogP contribution >= 0.6 is 0 Å². The molecule has 0 fully saturated rings. The van der Waals surface area contributed by atoms with Gasteiger partial charge in [-0.25, -0.2) is 9.97 Å². The van der Waals surface area contributed by atoms with Crippen molar-refractivity contribution in [3.05, 3.63) is 59.7 Å². The molecule has 1 aromatic carbocycles. The summed E-state index contributed by atoms with van der Waals surface area (Å²) in [6.45, 7) is 2.04. The molecular formula is C12H12N2. The molecule has 0 aliphatic heterocycles. The van der Waals surface area contributed by atoms with E-state index in [0.717, 1.165) is 17.7 Å². The number of nitrogens with zero attached hydrogens (tertiary/aromatic N) is 2. The number of aromatic nitrogens is 2. The molecule has 0 N–H and O–H groups in total. The zero-order valence-corrected chi connectivity index (χ0v) is 8.14. The van der Waals surface area contributed by atoms with Crippen molar-refractivity contribution >= 4 is 0 Å². The zero-order valence-electron chi connectivity index (χ0n) is 8.14. The molecule has 2 nitrogen and oxygen atoms in total. The SMILES string of the molecule is Cc1cncnc1Cc1ccccc1. The predicted octanol–water partition coefficient (Wildman–Crippen LogP) is 2.38. The van der Waals surface area contributed by atoms with Crippen LogP contribution in [0.4, 0.5) is 0 Å². The van der Waals surface area contributed by atoms with E-state index in [2.05, 4.69) is 22.1 Å². The van der Waals surface area contributed by atoms with Crippen molar-refractivity contribution < 1.29 is 0 Å². The van der Waals surface area contributed by atoms with Gasteiger partial charge in [0.05, 0.1) is 5.69 Å². The highest BCUT2D eigenvalue weighted by molar-refractivity contribution is 5.24. The minimum absolute atomic E-state index is 0.884. The molecule has 2 aromatic rings. The molecule has 0 saturated carbocycles. The van der Waals surface area contributed by atoms with Gasteiger partial charge in [-0.1, -0.05) is 30.3 Å². The Hall–Kier alpha value is -1.70. The lowest BCUT2D eigenvalue weighted by Gasteiger charge is -2.03. The minimum atomic E-state index is 0.884. The van der Waals surface area contributed by atoms with Gasteiger partial charge in [0.1, 0.15) is 6.33 Å². The largest absolute Gasteiger partial charge is 0.245 e. The molecule has 2 heteroatoms. The Morgan fingerprint density at radius 2 is 1.93 bits per heavy atom. The number of rotatable bonds is 2. The van der Waals surface area contributed by atoms with Crippen LogP contribution in [0.2, 0.25) is 0 Å². The zero-order chi connectivity index (χ0) is 9.80. The molecule has 14 heavy (non-hydrogen) atoms. The quantitative estimate of drug-likeness (QED) is 0.716. The van der Waals surface area contributed by atoms with Gasteiger partial charge in [-0.2, -0.15) is 0 Å². The Kier molecular flexibility index (Phi) is 2.54. The fraction of sp³-hybridized carbons (Fsp3) is 0.167. The Labute approximate surface area is 83.7 Å². The topological polar surface area (TPSA) is 25.8 Å². The van der Waals surface area contributed by atoms with E-state index in [1.807, 2.05) is 31.3 Å². The second-order valence-corrected chi connectivity index (χ2v) is 3.31. The summed E-state index contributed by atoms with van der Waals surface area (Å²) in [5.74, 6) is 0. The normalized spacial score (nSPS) is 10.1. The van der Waals surface area contributed by atoms with E-state index in [9.17, 15) is 0 Å². The van der Waals surface area contributed by atoms with Crippen LogP contribution in [0, 0.1) is 6.92 Å². The summed E-state index contributed by atoms with van der Waals surface area (Å²) in [5, 5.41) is 0. The highest BCUT2D eigenvalue weighted by atomic mass is 14.8. The van der Waals surface area contributed by atoms with Gasteiger partial charge in [0.15, 0.2) is 0 Å². The van der Waals surface area contributed by atoms with Gasteiger partial charge in [0.2, 0.25) is 0 Å². The molecule has 0 aliphatic carbocycles. The second-order valence-electron chi connectivity index (χ2n) is 3.31. The molecule has 0 aliphatic rings. The summed E-state index contributed by atoms with van der Waals surface area (Å²) in [4.78, 5) is 8.24. The first-order valence-electron chi connectivity index (χ1n) is 4.65. The second kappa shape index (κ2) is 4.01. The third kappa shape index (κ3) is 1.96. The lowest BCUT2D eigenvalue weighted by atomic mass is 10.1. The van der Waals surface area contributed by atoms with E-state index in [4.69, 9.17) is 0 Å². The standard InChI is InChI=1S/C12H12N2/c1-10-8-13-9-14-12(10)7-11-5-3-2-4-6-11/h2-6,8-9H,7H2,1H3.